The Morgan fingerprint density at radius 2 is 1.97 bits per heavy atom. The molecule has 1 heterocycles. The van der Waals surface area contributed by atoms with Gasteiger partial charge in [0.1, 0.15) is 5.69 Å². The number of rotatable bonds is 5. The predicted molar refractivity (Wildman–Crippen MR) is 108 cm³/mol. The van der Waals surface area contributed by atoms with Crippen LogP contribution in [0.15, 0.2) is 47.5 Å². The maximum atomic E-state index is 12.5. The molecule has 2 aromatic carbocycles. The molecule has 1 atom stereocenters. The zero-order valence-corrected chi connectivity index (χ0v) is 15.8. The van der Waals surface area contributed by atoms with E-state index in [-0.39, 0.29) is 16.1 Å². The number of anilines is 3. The van der Waals surface area contributed by atoms with Crippen LogP contribution in [0.3, 0.4) is 0 Å². The molecule has 13 heteroatoms. The SMILES string of the molecule is O=C1NC(=Nc2ccccc2Cl)SC1C(=O)Nc1ccc(N([O-])[O-])cc1N(O)O. The molecule has 0 aromatic heterocycles. The number of nitrogens with zero attached hydrogens (tertiary/aromatic N) is 3. The van der Waals surface area contributed by atoms with Crippen molar-refractivity contribution < 1.29 is 20.0 Å². The first-order chi connectivity index (χ1) is 13.8. The number of amidine groups is 1. The zero-order valence-electron chi connectivity index (χ0n) is 14.3. The monoisotopic (exact) mass is 437 g/mol. The highest BCUT2D eigenvalue weighted by Crippen LogP contribution is 2.32. The summed E-state index contributed by atoms with van der Waals surface area (Å²) in [5.74, 6) is -1.42. The lowest BCUT2D eigenvalue weighted by atomic mass is 10.2. The number of amides is 2. The average molecular weight is 438 g/mol. The first-order valence-electron chi connectivity index (χ1n) is 7.84. The molecule has 2 amide bonds. The Morgan fingerprint density at radius 3 is 2.62 bits per heavy atom. The molecule has 0 saturated carbocycles. The fraction of sp³-hybridized carbons (Fsp3) is 0.0625. The first kappa shape index (κ1) is 20.9. The van der Waals surface area contributed by atoms with E-state index in [2.05, 4.69) is 15.6 Å². The number of hydrogen-bond acceptors (Lipinski definition) is 10. The summed E-state index contributed by atoms with van der Waals surface area (Å²) in [6, 6.07) is 9.71. The van der Waals surface area contributed by atoms with Gasteiger partial charge in [-0.05, 0) is 30.3 Å². The van der Waals surface area contributed by atoms with Gasteiger partial charge in [-0.15, -0.1) is 5.23 Å². The van der Waals surface area contributed by atoms with Gasteiger partial charge in [0.15, 0.2) is 10.4 Å². The van der Waals surface area contributed by atoms with Crippen molar-refractivity contribution in [3.05, 3.63) is 57.9 Å². The number of carbonyl (C=O) groups excluding carboxylic acids is 2. The number of benzene rings is 2. The molecule has 0 bridgehead atoms. The van der Waals surface area contributed by atoms with Gasteiger partial charge in [0, 0.05) is 5.69 Å². The van der Waals surface area contributed by atoms with E-state index in [9.17, 15) is 30.4 Å². The van der Waals surface area contributed by atoms with E-state index in [0.29, 0.717) is 10.7 Å². The summed E-state index contributed by atoms with van der Waals surface area (Å²) >= 11 is 6.86. The first-order valence-corrected chi connectivity index (χ1v) is 9.10. The van der Waals surface area contributed by atoms with Crippen molar-refractivity contribution in [2.45, 2.75) is 5.25 Å². The maximum absolute atomic E-state index is 12.5. The van der Waals surface area contributed by atoms with E-state index in [1.807, 2.05) is 0 Å². The number of hydrogen-bond donors (Lipinski definition) is 4. The number of thioether (sulfide) groups is 1. The van der Waals surface area contributed by atoms with Gasteiger partial charge < -0.3 is 26.3 Å². The number of halogens is 1. The molecular formula is C16H12ClN5O6S-2. The second kappa shape index (κ2) is 8.65. The Hall–Kier alpha value is -2.87. The van der Waals surface area contributed by atoms with Crippen LogP contribution in [0.25, 0.3) is 0 Å². The molecule has 1 unspecified atom stereocenters. The van der Waals surface area contributed by atoms with Gasteiger partial charge in [0.05, 0.1) is 16.4 Å². The lowest BCUT2D eigenvalue weighted by Crippen LogP contribution is -2.34. The fourth-order valence-electron chi connectivity index (χ4n) is 2.35. The van der Waals surface area contributed by atoms with Gasteiger partial charge in [-0.25, -0.2) is 4.99 Å². The van der Waals surface area contributed by atoms with Crippen molar-refractivity contribution in [2.24, 2.45) is 4.99 Å². The van der Waals surface area contributed by atoms with Gasteiger partial charge in [-0.3, -0.25) is 20.0 Å². The minimum Gasteiger partial charge on any atom is -0.769 e. The summed E-state index contributed by atoms with van der Waals surface area (Å²) in [4.78, 5) is 28.8. The molecule has 3 rings (SSSR count). The van der Waals surface area contributed by atoms with Crippen LogP contribution in [0.4, 0.5) is 22.7 Å². The molecule has 1 aliphatic rings. The van der Waals surface area contributed by atoms with Crippen LogP contribution in [-0.2, 0) is 9.59 Å². The normalized spacial score (nSPS) is 17.2. The van der Waals surface area contributed by atoms with Gasteiger partial charge in [0.2, 0.25) is 11.8 Å². The lowest BCUT2D eigenvalue weighted by Gasteiger charge is -2.38. The Kier molecular flexibility index (Phi) is 6.22. The van der Waals surface area contributed by atoms with Crippen LogP contribution in [0, 0.1) is 10.4 Å². The lowest BCUT2D eigenvalue weighted by molar-refractivity contribution is -0.124. The molecule has 1 saturated heterocycles. The van der Waals surface area contributed by atoms with Gasteiger partial charge in [0.25, 0.3) is 0 Å². The van der Waals surface area contributed by atoms with E-state index in [4.69, 9.17) is 11.6 Å². The minimum atomic E-state index is -1.22. The third-order valence-corrected chi connectivity index (χ3v) is 5.08. The largest absolute Gasteiger partial charge is 0.769 e. The summed E-state index contributed by atoms with van der Waals surface area (Å²) in [6.45, 7) is 0. The number of carbonyl (C=O) groups is 2. The smallest absolute Gasteiger partial charge is 0.249 e. The summed E-state index contributed by atoms with van der Waals surface area (Å²) in [6.07, 6.45) is 0. The van der Waals surface area contributed by atoms with Crippen molar-refractivity contribution in [1.82, 2.24) is 5.32 Å². The Bertz CT molecular complexity index is 986. The molecule has 0 radical (unpaired) electrons. The van der Waals surface area contributed by atoms with Crippen molar-refractivity contribution in [3.63, 3.8) is 0 Å². The van der Waals surface area contributed by atoms with E-state index in [1.54, 1.807) is 24.3 Å². The minimum absolute atomic E-state index is 0.143. The third-order valence-electron chi connectivity index (χ3n) is 3.68. The van der Waals surface area contributed by atoms with Crippen molar-refractivity contribution >= 4 is 63.1 Å². The van der Waals surface area contributed by atoms with Crippen LogP contribution >= 0.6 is 23.4 Å². The zero-order chi connectivity index (χ0) is 21.1. The van der Waals surface area contributed by atoms with Crippen molar-refractivity contribution in [1.29, 1.82) is 0 Å². The highest BCUT2D eigenvalue weighted by Gasteiger charge is 2.36. The van der Waals surface area contributed by atoms with E-state index in [0.717, 1.165) is 30.0 Å². The van der Waals surface area contributed by atoms with E-state index >= 15 is 0 Å². The Morgan fingerprint density at radius 1 is 1.24 bits per heavy atom. The predicted octanol–water partition coefficient (Wildman–Crippen LogP) is 2.58. The average Bonchev–Trinajstić information content (AvgIpc) is 3.04. The third kappa shape index (κ3) is 4.76. The van der Waals surface area contributed by atoms with Crippen LogP contribution in [0.5, 0.6) is 0 Å². The van der Waals surface area contributed by atoms with Crippen LogP contribution in [0.1, 0.15) is 0 Å². The van der Waals surface area contributed by atoms with Crippen LogP contribution in [0.2, 0.25) is 5.02 Å². The second-order valence-corrected chi connectivity index (χ2v) is 7.09. The topological polar surface area (TPSA) is 164 Å². The number of aliphatic imine (C=N–C) groups is 1. The van der Waals surface area contributed by atoms with Gasteiger partial charge in [-0.2, -0.15) is 0 Å². The summed E-state index contributed by atoms with van der Waals surface area (Å²) in [7, 11) is 0. The standard InChI is InChI=1S/C16H12ClN5O6S/c17-9-3-1-2-4-10(9)19-16-20-15(24)13(29-16)14(23)18-11-6-5-8(21(25)26)7-12(11)22(27)28/h1-7,13,27-28H,(H,18,23)(H,19,20,24)/q-2. The Balaban J connectivity index is 1.78. The molecule has 2 aromatic rings. The fourth-order valence-corrected chi connectivity index (χ4v) is 3.39. The van der Waals surface area contributed by atoms with Crippen LogP contribution < -0.4 is 21.1 Å². The number of nitrogens with one attached hydrogen (secondary N) is 2. The highest BCUT2D eigenvalue weighted by molar-refractivity contribution is 8.16. The molecule has 152 valence electrons. The van der Waals surface area contributed by atoms with Crippen molar-refractivity contribution in [2.75, 3.05) is 15.8 Å². The highest BCUT2D eigenvalue weighted by atomic mass is 35.5. The molecule has 0 aliphatic carbocycles. The summed E-state index contributed by atoms with van der Waals surface area (Å²) in [5.41, 5.74) is -0.600. The summed E-state index contributed by atoms with van der Waals surface area (Å²) in [5, 5.41) is 43.2. The molecule has 1 aliphatic heterocycles. The molecular weight excluding hydrogens is 426 g/mol. The van der Waals surface area contributed by atoms with E-state index in [1.165, 1.54) is 0 Å². The molecule has 4 N–H and O–H groups in total. The number of para-hydroxylation sites is 1. The molecule has 11 nitrogen and oxygen atoms in total. The molecule has 0 spiro atoms. The molecule has 29 heavy (non-hydrogen) atoms. The summed E-state index contributed by atoms with van der Waals surface area (Å²) < 4.78 is 0. The van der Waals surface area contributed by atoms with E-state index < -0.39 is 33.7 Å². The maximum Gasteiger partial charge on any atom is 0.249 e. The van der Waals surface area contributed by atoms with Gasteiger partial charge >= 0.3 is 0 Å². The quantitative estimate of drug-likeness (QED) is 0.406. The Labute approximate surface area is 172 Å². The van der Waals surface area contributed by atoms with Crippen molar-refractivity contribution in [3.8, 4) is 0 Å². The second-order valence-electron chi connectivity index (χ2n) is 5.59. The van der Waals surface area contributed by atoms with Crippen LogP contribution in [-0.4, -0.2) is 32.6 Å². The molecule has 1 fully saturated rings. The van der Waals surface area contributed by atoms with Gasteiger partial charge in [-0.1, -0.05) is 35.5 Å².